The molecule has 142 valence electrons. The van der Waals surface area contributed by atoms with Gasteiger partial charge in [-0.2, -0.15) is 0 Å². The molecule has 0 aliphatic heterocycles. The van der Waals surface area contributed by atoms with Crippen molar-refractivity contribution in [2.45, 2.75) is 31.1 Å². The van der Waals surface area contributed by atoms with E-state index < -0.39 is 18.0 Å². The van der Waals surface area contributed by atoms with Gasteiger partial charge in [-0.15, -0.1) is 0 Å². The molecule has 1 fully saturated rings. The van der Waals surface area contributed by atoms with Gasteiger partial charge in [0.15, 0.2) is 6.61 Å². The van der Waals surface area contributed by atoms with E-state index in [1.807, 2.05) is 6.07 Å². The van der Waals surface area contributed by atoms with Crippen LogP contribution in [-0.4, -0.2) is 23.6 Å². The average Bonchev–Trinajstić information content (AvgIpc) is 3.12. The van der Waals surface area contributed by atoms with Crippen LogP contribution in [0, 0.1) is 0 Å². The second-order valence-corrected chi connectivity index (χ2v) is 7.42. The van der Waals surface area contributed by atoms with E-state index in [2.05, 4.69) is 5.32 Å². The average molecular weight is 408 g/mol. The van der Waals surface area contributed by atoms with Crippen LogP contribution < -0.4 is 10.1 Å². The van der Waals surface area contributed by atoms with Gasteiger partial charge >= 0.3 is 5.97 Å². The summed E-state index contributed by atoms with van der Waals surface area (Å²) in [5.41, 5.74) is 0.726. The SMILES string of the molecule is O=C(O)COc1ccc(NC(=O)C2(c3ccc(Cl)cc3Cl)CCCC2)cc1. The van der Waals surface area contributed by atoms with Crippen LogP contribution in [0.5, 0.6) is 5.75 Å². The Labute approximate surface area is 167 Å². The largest absolute Gasteiger partial charge is 0.482 e. The molecule has 2 aromatic rings. The van der Waals surface area contributed by atoms with E-state index in [9.17, 15) is 9.59 Å². The number of hydrogen-bond donors (Lipinski definition) is 2. The number of ether oxygens (including phenoxy) is 1. The zero-order chi connectivity index (χ0) is 19.4. The van der Waals surface area contributed by atoms with Crippen molar-refractivity contribution in [1.82, 2.24) is 0 Å². The van der Waals surface area contributed by atoms with E-state index in [4.69, 9.17) is 33.0 Å². The third-order valence-electron chi connectivity index (χ3n) is 4.81. The minimum atomic E-state index is -1.05. The Bertz CT molecular complexity index is 846. The molecule has 0 spiro atoms. The van der Waals surface area contributed by atoms with Gasteiger partial charge in [-0.3, -0.25) is 4.79 Å². The molecule has 0 aromatic heterocycles. The second-order valence-electron chi connectivity index (χ2n) is 6.57. The number of aliphatic carboxylic acids is 1. The molecule has 0 bridgehead atoms. The number of carbonyl (C=O) groups is 2. The molecule has 0 radical (unpaired) electrons. The molecule has 1 aliphatic rings. The highest BCUT2D eigenvalue weighted by atomic mass is 35.5. The lowest BCUT2D eigenvalue weighted by atomic mass is 9.78. The summed E-state index contributed by atoms with van der Waals surface area (Å²) in [6, 6.07) is 11.9. The van der Waals surface area contributed by atoms with Crippen LogP contribution in [0.15, 0.2) is 42.5 Å². The summed E-state index contributed by atoms with van der Waals surface area (Å²) in [6.07, 6.45) is 3.35. The lowest BCUT2D eigenvalue weighted by Crippen LogP contribution is -2.38. The number of halogens is 2. The van der Waals surface area contributed by atoms with Crippen LogP contribution in [0.2, 0.25) is 10.0 Å². The minimum Gasteiger partial charge on any atom is -0.482 e. The molecule has 1 saturated carbocycles. The summed E-state index contributed by atoms with van der Waals surface area (Å²) in [5.74, 6) is -0.731. The van der Waals surface area contributed by atoms with Crippen molar-refractivity contribution in [3.05, 3.63) is 58.1 Å². The topological polar surface area (TPSA) is 75.6 Å². The fourth-order valence-corrected chi connectivity index (χ4v) is 4.09. The highest BCUT2D eigenvalue weighted by Gasteiger charge is 2.44. The molecule has 3 rings (SSSR count). The van der Waals surface area contributed by atoms with Gasteiger partial charge in [0.2, 0.25) is 5.91 Å². The van der Waals surface area contributed by atoms with Crippen molar-refractivity contribution < 1.29 is 19.4 Å². The van der Waals surface area contributed by atoms with Crippen LogP contribution in [0.3, 0.4) is 0 Å². The fraction of sp³-hybridized carbons (Fsp3) is 0.300. The maximum absolute atomic E-state index is 13.2. The number of nitrogens with one attached hydrogen (secondary N) is 1. The van der Waals surface area contributed by atoms with Gasteiger partial charge < -0.3 is 15.2 Å². The van der Waals surface area contributed by atoms with E-state index >= 15 is 0 Å². The molecule has 27 heavy (non-hydrogen) atoms. The standard InChI is InChI=1S/C20H19Cl2NO4/c21-13-3-8-16(17(22)11-13)20(9-1-2-10-20)19(26)23-14-4-6-15(7-5-14)27-12-18(24)25/h3-8,11H,1-2,9-10,12H2,(H,23,26)(H,24,25). The number of amides is 1. The number of carboxylic acids is 1. The maximum Gasteiger partial charge on any atom is 0.341 e. The summed E-state index contributed by atoms with van der Waals surface area (Å²) in [4.78, 5) is 23.7. The molecule has 1 amide bonds. The van der Waals surface area contributed by atoms with Gasteiger partial charge in [0.1, 0.15) is 5.75 Å². The molecular weight excluding hydrogens is 389 g/mol. The number of benzene rings is 2. The predicted octanol–water partition coefficient (Wildman–Crippen LogP) is 4.91. The Morgan fingerprint density at radius 2 is 1.74 bits per heavy atom. The van der Waals surface area contributed by atoms with Gasteiger partial charge in [-0.25, -0.2) is 4.79 Å². The highest BCUT2D eigenvalue weighted by Crippen LogP contribution is 2.45. The summed E-state index contributed by atoms with van der Waals surface area (Å²) in [6.45, 7) is -0.413. The molecule has 5 nitrogen and oxygen atoms in total. The normalized spacial score (nSPS) is 15.3. The highest BCUT2D eigenvalue weighted by molar-refractivity contribution is 6.35. The first-order valence-corrected chi connectivity index (χ1v) is 9.38. The van der Waals surface area contributed by atoms with Gasteiger partial charge in [0, 0.05) is 15.7 Å². The lowest BCUT2D eigenvalue weighted by molar-refractivity contribution is -0.139. The van der Waals surface area contributed by atoms with Crippen molar-refractivity contribution in [3.8, 4) is 5.75 Å². The molecule has 0 heterocycles. The van der Waals surface area contributed by atoms with Crippen molar-refractivity contribution in [2.75, 3.05) is 11.9 Å². The molecule has 2 aromatic carbocycles. The molecule has 2 N–H and O–H groups in total. The Hall–Kier alpha value is -2.24. The summed E-state index contributed by atoms with van der Waals surface area (Å²) in [7, 11) is 0. The second kappa shape index (κ2) is 8.19. The molecular formula is C20H19Cl2NO4. The predicted molar refractivity (Wildman–Crippen MR) is 105 cm³/mol. The van der Waals surface area contributed by atoms with Gasteiger partial charge in [0.05, 0.1) is 5.41 Å². The Morgan fingerprint density at radius 1 is 1.07 bits per heavy atom. The van der Waals surface area contributed by atoms with E-state index in [-0.39, 0.29) is 5.91 Å². The monoisotopic (exact) mass is 407 g/mol. The van der Waals surface area contributed by atoms with E-state index in [1.165, 1.54) is 0 Å². The molecule has 0 atom stereocenters. The first-order valence-electron chi connectivity index (χ1n) is 8.62. The summed E-state index contributed by atoms with van der Waals surface area (Å²) in [5, 5.41) is 12.6. The van der Waals surface area contributed by atoms with Gasteiger partial charge in [0.25, 0.3) is 0 Å². The first kappa shape index (κ1) is 19.5. The molecule has 0 unspecified atom stereocenters. The Kier molecular flexibility index (Phi) is 5.92. The summed E-state index contributed by atoms with van der Waals surface area (Å²) < 4.78 is 5.10. The third kappa shape index (κ3) is 4.37. The third-order valence-corrected chi connectivity index (χ3v) is 5.36. The number of hydrogen-bond acceptors (Lipinski definition) is 3. The van der Waals surface area contributed by atoms with Gasteiger partial charge in [-0.05, 0) is 54.8 Å². The smallest absolute Gasteiger partial charge is 0.341 e. The van der Waals surface area contributed by atoms with E-state index in [1.54, 1.807) is 36.4 Å². The number of anilines is 1. The number of rotatable bonds is 6. The quantitative estimate of drug-likeness (QED) is 0.713. The van der Waals surface area contributed by atoms with Crippen molar-refractivity contribution in [1.29, 1.82) is 0 Å². The Balaban J connectivity index is 1.79. The fourth-order valence-electron chi connectivity index (χ4n) is 3.51. The molecule has 0 saturated heterocycles. The first-order chi connectivity index (χ1) is 12.9. The number of carbonyl (C=O) groups excluding carboxylic acids is 1. The van der Waals surface area contributed by atoms with Crippen molar-refractivity contribution >= 4 is 40.8 Å². The van der Waals surface area contributed by atoms with E-state index in [0.717, 1.165) is 31.2 Å². The molecule has 7 heteroatoms. The number of carboxylic acid groups (broad SMARTS) is 1. The zero-order valence-electron chi connectivity index (χ0n) is 14.5. The van der Waals surface area contributed by atoms with Crippen LogP contribution in [0.25, 0.3) is 0 Å². The van der Waals surface area contributed by atoms with Crippen LogP contribution in [0.4, 0.5) is 5.69 Å². The van der Waals surface area contributed by atoms with E-state index in [0.29, 0.717) is 21.5 Å². The van der Waals surface area contributed by atoms with Crippen molar-refractivity contribution in [2.24, 2.45) is 0 Å². The molecule has 1 aliphatic carbocycles. The zero-order valence-corrected chi connectivity index (χ0v) is 16.0. The Morgan fingerprint density at radius 3 is 2.33 bits per heavy atom. The van der Waals surface area contributed by atoms with Crippen LogP contribution in [0.1, 0.15) is 31.2 Å². The van der Waals surface area contributed by atoms with Crippen LogP contribution >= 0.6 is 23.2 Å². The minimum absolute atomic E-state index is 0.108. The van der Waals surface area contributed by atoms with Crippen molar-refractivity contribution in [3.63, 3.8) is 0 Å². The van der Waals surface area contributed by atoms with Gasteiger partial charge in [-0.1, -0.05) is 42.1 Å². The lowest BCUT2D eigenvalue weighted by Gasteiger charge is -2.29. The summed E-state index contributed by atoms with van der Waals surface area (Å²) >= 11 is 12.4. The van der Waals surface area contributed by atoms with Crippen LogP contribution in [-0.2, 0) is 15.0 Å². The maximum atomic E-state index is 13.2.